The highest BCUT2D eigenvalue weighted by molar-refractivity contribution is 7.91. The van der Waals surface area contributed by atoms with Crippen molar-refractivity contribution in [2.24, 2.45) is 0 Å². The highest BCUT2D eigenvalue weighted by atomic mass is 32.2. The number of esters is 1. The number of hydrogen-bond donors (Lipinski definition) is 1. The van der Waals surface area contributed by atoms with Crippen molar-refractivity contribution in [1.29, 1.82) is 5.26 Å². The minimum absolute atomic E-state index is 0.228. The van der Waals surface area contributed by atoms with E-state index in [4.69, 9.17) is 5.26 Å². The summed E-state index contributed by atoms with van der Waals surface area (Å²) >= 11 is 0. The summed E-state index contributed by atoms with van der Waals surface area (Å²) in [4.78, 5) is 19.1. The molecule has 0 saturated heterocycles. The van der Waals surface area contributed by atoms with Crippen LogP contribution in [0.3, 0.4) is 0 Å². The number of nitriles is 1. The van der Waals surface area contributed by atoms with Crippen molar-refractivity contribution in [3.05, 3.63) is 53.5 Å². The average Bonchev–Trinajstić information content (AvgIpc) is 2.54. The Kier molecular flexibility index (Phi) is 4.88. The Labute approximate surface area is 132 Å². The predicted octanol–water partition coefficient (Wildman–Crippen LogP) is 1.08. The molecule has 1 heterocycles. The van der Waals surface area contributed by atoms with Crippen molar-refractivity contribution >= 4 is 21.8 Å². The van der Waals surface area contributed by atoms with Gasteiger partial charge < -0.3 is 4.74 Å². The lowest BCUT2D eigenvalue weighted by molar-refractivity contribution is 0.0595. The summed E-state index contributed by atoms with van der Waals surface area (Å²) in [5.74, 6) is -1.48. The molecule has 1 aromatic carbocycles. The maximum atomic E-state index is 12.3. The topological polar surface area (TPSA) is 122 Å². The summed E-state index contributed by atoms with van der Waals surface area (Å²) in [5, 5.41) is 9.01. The number of nitrogens with zero attached hydrogens (tertiary/aromatic N) is 3. The Morgan fingerprint density at radius 3 is 2.70 bits per heavy atom. The van der Waals surface area contributed by atoms with Crippen LogP contribution in [0.15, 0.2) is 36.7 Å². The van der Waals surface area contributed by atoms with Crippen LogP contribution >= 0.6 is 0 Å². The molecule has 1 aromatic heterocycles. The fourth-order valence-corrected chi connectivity index (χ4v) is 2.98. The lowest BCUT2D eigenvalue weighted by atomic mass is 10.1. The largest absolute Gasteiger partial charge is 0.464 e. The van der Waals surface area contributed by atoms with Gasteiger partial charge in [0, 0.05) is 12.4 Å². The van der Waals surface area contributed by atoms with E-state index < -0.39 is 21.7 Å². The lowest BCUT2D eigenvalue weighted by Gasteiger charge is -2.10. The lowest BCUT2D eigenvalue weighted by Crippen LogP contribution is -2.20. The SMILES string of the molecule is COC(=O)c1nccnc1NS(=O)(=O)Cc1ccccc1C#N. The molecule has 8 nitrogen and oxygen atoms in total. The van der Waals surface area contributed by atoms with Crippen LogP contribution in [-0.2, 0) is 20.5 Å². The molecular weight excluding hydrogens is 320 g/mol. The number of anilines is 1. The zero-order valence-corrected chi connectivity index (χ0v) is 12.9. The molecule has 0 amide bonds. The monoisotopic (exact) mass is 332 g/mol. The fourth-order valence-electron chi connectivity index (χ4n) is 1.80. The van der Waals surface area contributed by atoms with Crippen molar-refractivity contribution < 1.29 is 17.9 Å². The van der Waals surface area contributed by atoms with E-state index in [2.05, 4.69) is 19.4 Å². The number of carbonyl (C=O) groups is 1. The van der Waals surface area contributed by atoms with E-state index in [-0.39, 0.29) is 17.1 Å². The predicted molar refractivity (Wildman–Crippen MR) is 80.8 cm³/mol. The second-order valence-corrected chi connectivity index (χ2v) is 6.10. The van der Waals surface area contributed by atoms with Gasteiger partial charge in [0.25, 0.3) is 0 Å². The van der Waals surface area contributed by atoms with Gasteiger partial charge in [-0.05, 0) is 11.6 Å². The first-order chi connectivity index (χ1) is 11.0. The third kappa shape index (κ3) is 4.02. The molecule has 9 heteroatoms. The van der Waals surface area contributed by atoms with Gasteiger partial charge in [-0.2, -0.15) is 5.26 Å². The Morgan fingerprint density at radius 1 is 1.30 bits per heavy atom. The summed E-state index contributed by atoms with van der Waals surface area (Å²) in [6.45, 7) is 0. The smallest absolute Gasteiger partial charge is 0.360 e. The molecule has 0 aliphatic carbocycles. The highest BCUT2D eigenvalue weighted by Gasteiger charge is 2.21. The second-order valence-electron chi connectivity index (χ2n) is 4.38. The summed E-state index contributed by atoms with van der Waals surface area (Å²) in [5.41, 5.74) is 0.350. The molecule has 0 bridgehead atoms. The number of rotatable bonds is 5. The maximum absolute atomic E-state index is 12.3. The van der Waals surface area contributed by atoms with Gasteiger partial charge in [-0.25, -0.2) is 23.2 Å². The van der Waals surface area contributed by atoms with Crippen LogP contribution < -0.4 is 4.72 Å². The maximum Gasteiger partial charge on any atom is 0.360 e. The number of nitrogens with one attached hydrogen (secondary N) is 1. The van der Waals surface area contributed by atoms with Gasteiger partial charge in [-0.3, -0.25) is 4.72 Å². The van der Waals surface area contributed by atoms with Crippen molar-refractivity contribution in [2.75, 3.05) is 11.8 Å². The minimum atomic E-state index is -3.90. The van der Waals surface area contributed by atoms with Gasteiger partial charge in [-0.15, -0.1) is 0 Å². The van der Waals surface area contributed by atoms with Gasteiger partial charge in [0.05, 0.1) is 24.5 Å². The van der Waals surface area contributed by atoms with Crippen LogP contribution in [0.2, 0.25) is 0 Å². The molecule has 1 N–H and O–H groups in total. The Morgan fingerprint density at radius 2 is 2.00 bits per heavy atom. The van der Waals surface area contributed by atoms with E-state index in [9.17, 15) is 13.2 Å². The Bertz CT molecular complexity index is 874. The van der Waals surface area contributed by atoms with E-state index >= 15 is 0 Å². The van der Waals surface area contributed by atoms with E-state index in [0.717, 1.165) is 7.11 Å². The number of methoxy groups -OCH3 is 1. The molecule has 118 valence electrons. The van der Waals surface area contributed by atoms with Crippen LogP contribution in [0.25, 0.3) is 0 Å². The summed E-state index contributed by atoms with van der Waals surface area (Å²) in [7, 11) is -2.74. The van der Waals surface area contributed by atoms with E-state index in [1.54, 1.807) is 12.1 Å². The molecule has 23 heavy (non-hydrogen) atoms. The summed E-state index contributed by atoms with van der Waals surface area (Å²) in [6, 6.07) is 8.26. The van der Waals surface area contributed by atoms with Gasteiger partial charge in [0.2, 0.25) is 10.0 Å². The van der Waals surface area contributed by atoms with Gasteiger partial charge in [0.1, 0.15) is 0 Å². The van der Waals surface area contributed by atoms with Crippen molar-refractivity contribution in [3.63, 3.8) is 0 Å². The van der Waals surface area contributed by atoms with E-state index in [1.807, 2.05) is 6.07 Å². The molecule has 0 unspecified atom stereocenters. The first-order valence-electron chi connectivity index (χ1n) is 6.34. The molecular formula is C14H12N4O4S. The zero-order valence-electron chi connectivity index (χ0n) is 12.1. The van der Waals surface area contributed by atoms with Crippen LogP contribution in [0, 0.1) is 11.3 Å². The first-order valence-corrected chi connectivity index (χ1v) is 8.00. The quantitative estimate of drug-likeness (QED) is 0.813. The Balaban J connectivity index is 2.30. The van der Waals surface area contributed by atoms with Crippen LogP contribution in [-0.4, -0.2) is 31.5 Å². The van der Waals surface area contributed by atoms with Crippen molar-refractivity contribution in [3.8, 4) is 6.07 Å². The van der Waals surface area contributed by atoms with E-state index in [1.165, 1.54) is 24.5 Å². The van der Waals surface area contributed by atoms with E-state index in [0.29, 0.717) is 5.56 Å². The highest BCUT2D eigenvalue weighted by Crippen LogP contribution is 2.16. The average molecular weight is 332 g/mol. The minimum Gasteiger partial charge on any atom is -0.464 e. The summed E-state index contributed by atoms with van der Waals surface area (Å²) < 4.78 is 31.2. The van der Waals surface area contributed by atoms with Crippen LogP contribution in [0.4, 0.5) is 5.82 Å². The molecule has 2 aromatic rings. The molecule has 0 aliphatic rings. The number of hydrogen-bond acceptors (Lipinski definition) is 7. The molecule has 0 spiro atoms. The molecule has 0 aliphatic heterocycles. The zero-order chi connectivity index (χ0) is 16.9. The first kappa shape index (κ1) is 16.4. The normalized spacial score (nSPS) is 10.6. The third-order valence-corrected chi connectivity index (χ3v) is 4.01. The standard InChI is InChI=1S/C14H12N4O4S/c1-22-14(19)12-13(17-7-6-16-12)18-23(20,21)9-11-5-3-2-4-10(11)8-15/h2-7H,9H2,1H3,(H,17,18). The Hall–Kier alpha value is -2.99. The second kappa shape index (κ2) is 6.85. The number of benzene rings is 1. The van der Waals surface area contributed by atoms with Gasteiger partial charge >= 0.3 is 5.97 Å². The van der Waals surface area contributed by atoms with Crippen LogP contribution in [0.1, 0.15) is 21.6 Å². The third-order valence-electron chi connectivity index (χ3n) is 2.81. The van der Waals surface area contributed by atoms with Gasteiger partial charge in [-0.1, -0.05) is 18.2 Å². The number of carbonyl (C=O) groups excluding carboxylic acids is 1. The number of sulfonamides is 1. The molecule has 0 atom stereocenters. The molecule has 0 fully saturated rings. The summed E-state index contributed by atoms with van der Waals surface area (Å²) in [6.07, 6.45) is 2.49. The van der Waals surface area contributed by atoms with Crippen LogP contribution in [0.5, 0.6) is 0 Å². The number of ether oxygens (including phenoxy) is 1. The number of aromatic nitrogens is 2. The van der Waals surface area contributed by atoms with Gasteiger partial charge in [0.15, 0.2) is 11.5 Å². The fraction of sp³-hybridized carbons (Fsp3) is 0.143. The van der Waals surface area contributed by atoms with Crippen molar-refractivity contribution in [1.82, 2.24) is 9.97 Å². The molecule has 0 radical (unpaired) electrons. The van der Waals surface area contributed by atoms with Crippen molar-refractivity contribution in [2.45, 2.75) is 5.75 Å². The molecule has 0 saturated carbocycles. The molecule has 2 rings (SSSR count).